The number of allylic oxidation sites excluding steroid dienone is 1. The molecule has 0 atom stereocenters. The number of hydrogen-bond acceptors (Lipinski definition) is 3. The number of nitrogens with zero attached hydrogens (tertiary/aromatic N) is 1. The predicted octanol–water partition coefficient (Wildman–Crippen LogP) is 2.45. The van der Waals surface area contributed by atoms with Gasteiger partial charge in [-0.25, -0.2) is 4.99 Å². The highest BCUT2D eigenvalue weighted by atomic mass is 79.9. The van der Waals surface area contributed by atoms with Gasteiger partial charge in [0.05, 0.1) is 14.2 Å². The monoisotopic (exact) mass is 233 g/mol. The third-order valence-electron chi connectivity index (χ3n) is 1.12. The Hall–Kier alpha value is -0.770. The lowest BCUT2D eigenvalue weighted by Gasteiger charge is -2.05. The van der Waals surface area contributed by atoms with E-state index in [4.69, 9.17) is 9.47 Å². The van der Waals surface area contributed by atoms with Crippen LogP contribution in [0.25, 0.3) is 0 Å². The first kappa shape index (κ1) is 11.2. The predicted molar refractivity (Wildman–Crippen MR) is 53.3 cm³/mol. The van der Waals surface area contributed by atoms with Crippen molar-refractivity contribution < 1.29 is 9.47 Å². The van der Waals surface area contributed by atoms with Gasteiger partial charge in [-0.2, -0.15) is 0 Å². The minimum Gasteiger partial charge on any atom is -0.496 e. The smallest absolute Gasteiger partial charge is 0.231 e. The van der Waals surface area contributed by atoms with E-state index in [9.17, 15) is 0 Å². The summed E-state index contributed by atoms with van der Waals surface area (Å²) >= 11 is 3.25. The lowest BCUT2D eigenvalue weighted by atomic mass is 10.5. The molecular weight excluding hydrogens is 222 g/mol. The average molecular weight is 234 g/mol. The molecule has 0 unspecified atom stereocenters. The zero-order chi connectivity index (χ0) is 9.56. The van der Waals surface area contributed by atoms with E-state index < -0.39 is 0 Å². The topological polar surface area (TPSA) is 30.8 Å². The van der Waals surface area contributed by atoms with Crippen LogP contribution in [0.1, 0.15) is 6.92 Å². The van der Waals surface area contributed by atoms with Gasteiger partial charge in [-0.3, -0.25) is 0 Å². The number of aliphatic imine (C=N–C) groups is 1. The highest BCUT2D eigenvalue weighted by Crippen LogP contribution is 2.21. The second-order valence-electron chi connectivity index (χ2n) is 1.84. The van der Waals surface area contributed by atoms with E-state index in [0.29, 0.717) is 16.1 Å². The van der Waals surface area contributed by atoms with Crippen molar-refractivity contribution in [3.63, 3.8) is 0 Å². The van der Waals surface area contributed by atoms with Gasteiger partial charge in [-0.1, -0.05) is 6.58 Å². The summed E-state index contributed by atoms with van der Waals surface area (Å²) in [4.78, 5) is 3.96. The zero-order valence-electron chi connectivity index (χ0n) is 7.43. The van der Waals surface area contributed by atoms with Crippen molar-refractivity contribution in [2.45, 2.75) is 6.92 Å². The minimum absolute atomic E-state index is 0.448. The molecule has 0 bridgehead atoms. The van der Waals surface area contributed by atoms with Crippen molar-refractivity contribution in [1.82, 2.24) is 0 Å². The van der Waals surface area contributed by atoms with Crippen molar-refractivity contribution in [1.29, 1.82) is 0 Å². The molecule has 0 radical (unpaired) electrons. The fourth-order valence-electron chi connectivity index (χ4n) is 0.525. The van der Waals surface area contributed by atoms with Crippen LogP contribution in [-0.2, 0) is 9.47 Å². The molecule has 0 aliphatic carbocycles. The molecule has 0 aromatic carbocycles. The summed E-state index contributed by atoms with van der Waals surface area (Å²) in [5.74, 6) is 0.932. The molecular formula is C8H12BrNO2. The lowest BCUT2D eigenvalue weighted by molar-refractivity contribution is 0.272. The van der Waals surface area contributed by atoms with Crippen LogP contribution in [0.5, 0.6) is 0 Å². The lowest BCUT2D eigenvalue weighted by Crippen LogP contribution is -1.91. The first-order valence-corrected chi connectivity index (χ1v) is 4.12. The molecule has 0 spiro atoms. The minimum atomic E-state index is 0.448. The van der Waals surface area contributed by atoms with Gasteiger partial charge in [0.25, 0.3) is 0 Å². The Bertz CT molecular complexity index is 221. The van der Waals surface area contributed by atoms with Gasteiger partial charge >= 0.3 is 0 Å². The van der Waals surface area contributed by atoms with Crippen molar-refractivity contribution in [2.75, 3.05) is 14.2 Å². The molecule has 0 aromatic heterocycles. The molecule has 0 fully saturated rings. The summed E-state index contributed by atoms with van der Waals surface area (Å²) in [5, 5.41) is 0. The summed E-state index contributed by atoms with van der Waals surface area (Å²) in [7, 11) is 3.07. The normalized spacial score (nSPS) is 12.7. The first-order valence-electron chi connectivity index (χ1n) is 3.33. The van der Waals surface area contributed by atoms with Gasteiger partial charge in [-0.05, 0) is 22.9 Å². The van der Waals surface area contributed by atoms with Crippen LogP contribution in [0.4, 0.5) is 0 Å². The molecule has 12 heavy (non-hydrogen) atoms. The van der Waals surface area contributed by atoms with Crippen molar-refractivity contribution in [3.8, 4) is 0 Å². The van der Waals surface area contributed by atoms with E-state index in [0.717, 1.165) is 0 Å². The third kappa shape index (κ3) is 3.09. The van der Waals surface area contributed by atoms with Crippen LogP contribution in [0, 0.1) is 0 Å². The standard InChI is InChI=1S/C8H12BrNO2/c1-5-10-8(12-4)7(9)6(2)11-3/h5H,2H2,1,3-4H3/b8-7-,10-5?. The molecule has 68 valence electrons. The Labute approximate surface area is 80.9 Å². The molecule has 3 nitrogen and oxygen atoms in total. The van der Waals surface area contributed by atoms with Gasteiger partial charge in [0, 0.05) is 6.21 Å². The number of methoxy groups -OCH3 is 2. The maximum absolute atomic E-state index is 4.97. The fourth-order valence-corrected chi connectivity index (χ4v) is 0.951. The summed E-state index contributed by atoms with van der Waals surface area (Å²) < 4.78 is 10.5. The molecule has 0 aliphatic rings. The number of ether oxygens (including phenoxy) is 2. The van der Waals surface area contributed by atoms with E-state index in [1.165, 1.54) is 14.2 Å². The molecule has 0 aromatic rings. The van der Waals surface area contributed by atoms with Gasteiger partial charge in [-0.15, -0.1) is 0 Å². The van der Waals surface area contributed by atoms with Crippen molar-refractivity contribution in [3.05, 3.63) is 22.7 Å². The van der Waals surface area contributed by atoms with Crippen LogP contribution >= 0.6 is 15.9 Å². The summed E-state index contributed by atoms with van der Waals surface area (Å²) in [6, 6.07) is 0. The van der Waals surface area contributed by atoms with Crippen molar-refractivity contribution >= 4 is 22.1 Å². The molecule has 0 aliphatic heterocycles. The Morgan fingerprint density at radius 1 is 1.42 bits per heavy atom. The molecule has 0 saturated carbocycles. The molecule has 0 saturated heterocycles. The van der Waals surface area contributed by atoms with E-state index in [-0.39, 0.29) is 0 Å². The maximum Gasteiger partial charge on any atom is 0.231 e. The summed E-state index contributed by atoms with van der Waals surface area (Å²) in [6.45, 7) is 5.44. The number of rotatable bonds is 4. The number of hydrogen-bond donors (Lipinski definition) is 0. The molecule has 4 heteroatoms. The Morgan fingerprint density at radius 2 is 2.00 bits per heavy atom. The molecule has 0 amide bonds. The Kier molecular flexibility index (Phi) is 5.45. The van der Waals surface area contributed by atoms with E-state index >= 15 is 0 Å². The second kappa shape index (κ2) is 5.83. The van der Waals surface area contributed by atoms with Crippen LogP contribution in [-0.4, -0.2) is 20.4 Å². The van der Waals surface area contributed by atoms with Crippen LogP contribution in [0.3, 0.4) is 0 Å². The van der Waals surface area contributed by atoms with Crippen molar-refractivity contribution in [2.24, 2.45) is 4.99 Å². The SMILES string of the molecule is C=C(OC)/C(Br)=C(\N=CC)OC. The largest absolute Gasteiger partial charge is 0.496 e. The fraction of sp³-hybridized carbons (Fsp3) is 0.375. The highest BCUT2D eigenvalue weighted by Gasteiger charge is 2.06. The van der Waals surface area contributed by atoms with Crippen LogP contribution < -0.4 is 0 Å². The van der Waals surface area contributed by atoms with Crippen LogP contribution in [0.15, 0.2) is 27.7 Å². The van der Waals surface area contributed by atoms with Gasteiger partial charge in [0.2, 0.25) is 5.88 Å². The zero-order valence-corrected chi connectivity index (χ0v) is 9.01. The summed E-state index contributed by atoms with van der Waals surface area (Å²) in [5.41, 5.74) is 0. The second-order valence-corrected chi connectivity index (χ2v) is 2.63. The average Bonchev–Trinajstić information content (AvgIpc) is 2.11. The van der Waals surface area contributed by atoms with Gasteiger partial charge in [0.15, 0.2) is 0 Å². The first-order chi connectivity index (χ1) is 5.67. The van der Waals surface area contributed by atoms with E-state index in [1.807, 2.05) is 0 Å². The quantitative estimate of drug-likeness (QED) is 0.425. The maximum atomic E-state index is 4.97. The van der Waals surface area contributed by atoms with Crippen LogP contribution in [0.2, 0.25) is 0 Å². The van der Waals surface area contributed by atoms with Gasteiger partial charge in [0.1, 0.15) is 10.2 Å². The van der Waals surface area contributed by atoms with Gasteiger partial charge < -0.3 is 9.47 Å². The molecule has 0 heterocycles. The van der Waals surface area contributed by atoms with E-state index in [1.54, 1.807) is 13.1 Å². The number of halogens is 1. The van der Waals surface area contributed by atoms with E-state index in [2.05, 4.69) is 27.5 Å². The third-order valence-corrected chi connectivity index (χ3v) is 1.90. The molecule has 0 N–H and O–H groups in total. The Morgan fingerprint density at radius 3 is 2.33 bits per heavy atom. The highest BCUT2D eigenvalue weighted by molar-refractivity contribution is 9.12. The molecule has 0 rings (SSSR count). The Balaban J connectivity index is 4.70. The summed E-state index contributed by atoms with van der Waals surface area (Å²) in [6.07, 6.45) is 1.63.